The lowest BCUT2D eigenvalue weighted by atomic mass is 10.1. The summed E-state index contributed by atoms with van der Waals surface area (Å²) >= 11 is 0. The minimum atomic E-state index is -4.10. The molecule has 0 aromatic rings. The van der Waals surface area contributed by atoms with Gasteiger partial charge in [-0.2, -0.15) is 0 Å². The molecule has 0 fully saturated rings. The Morgan fingerprint density at radius 3 is 2.77 bits per heavy atom. The second-order valence-corrected chi connectivity index (χ2v) is 4.43. The van der Waals surface area contributed by atoms with Crippen molar-refractivity contribution < 1.29 is 23.9 Å². The molecule has 0 radical (unpaired) electrons. The molecule has 1 aliphatic heterocycles. The second-order valence-electron chi connectivity index (χ2n) is 2.78. The Morgan fingerprint density at radius 2 is 2.31 bits per heavy atom. The molecule has 6 nitrogen and oxygen atoms in total. The van der Waals surface area contributed by atoms with Crippen LogP contribution >= 0.6 is 7.60 Å². The Labute approximate surface area is 74.5 Å². The number of hydrogen-bond donors (Lipinski definition) is 3. The van der Waals surface area contributed by atoms with Crippen molar-refractivity contribution in [1.82, 2.24) is 0 Å². The van der Waals surface area contributed by atoms with Crippen LogP contribution in [0.25, 0.3) is 0 Å². The Balaban J connectivity index is 2.68. The van der Waals surface area contributed by atoms with Crippen LogP contribution < -0.4 is 5.73 Å². The van der Waals surface area contributed by atoms with Crippen LogP contribution in [0.1, 0.15) is 0 Å². The summed E-state index contributed by atoms with van der Waals surface area (Å²) in [6, 6.07) is -0.907. The largest absolute Gasteiger partial charge is 0.460 e. The van der Waals surface area contributed by atoms with E-state index in [1.807, 2.05) is 0 Å². The summed E-state index contributed by atoms with van der Waals surface area (Å²) in [5, 5.41) is 0. The molecule has 0 aromatic heterocycles. The Morgan fingerprint density at radius 1 is 1.69 bits per heavy atom. The fourth-order valence-electron chi connectivity index (χ4n) is 0.993. The van der Waals surface area contributed by atoms with E-state index in [0.717, 1.165) is 0 Å². The van der Waals surface area contributed by atoms with Gasteiger partial charge < -0.3 is 20.3 Å². The minimum Gasteiger partial charge on any atom is -0.460 e. The van der Waals surface area contributed by atoms with Crippen LogP contribution in [0, 0.1) is 0 Å². The summed E-state index contributed by atoms with van der Waals surface area (Å²) in [6.07, 6.45) is 0.916. The highest BCUT2D eigenvalue weighted by molar-refractivity contribution is 7.52. The van der Waals surface area contributed by atoms with Gasteiger partial charge in [0.2, 0.25) is 0 Å². The van der Waals surface area contributed by atoms with Gasteiger partial charge in [-0.15, -0.1) is 0 Å². The highest BCUT2D eigenvalue weighted by Gasteiger charge is 2.24. The maximum atomic E-state index is 10.7. The van der Waals surface area contributed by atoms with Gasteiger partial charge in [0.05, 0.1) is 6.16 Å². The average Bonchev–Trinajstić information content (AvgIpc) is 1.94. The second kappa shape index (κ2) is 3.59. The first-order valence-electron chi connectivity index (χ1n) is 3.55. The molecule has 7 heteroatoms. The Kier molecular flexibility index (Phi) is 2.87. The number of carbonyl (C=O) groups is 1. The van der Waals surface area contributed by atoms with Crippen LogP contribution in [-0.2, 0) is 14.1 Å². The van der Waals surface area contributed by atoms with Crippen LogP contribution in [0.3, 0.4) is 0 Å². The highest BCUT2D eigenvalue weighted by atomic mass is 31.2. The van der Waals surface area contributed by atoms with Gasteiger partial charge in [-0.05, 0) is 5.57 Å². The molecule has 1 aliphatic rings. The molecule has 13 heavy (non-hydrogen) atoms. The van der Waals surface area contributed by atoms with E-state index in [2.05, 4.69) is 4.74 Å². The maximum absolute atomic E-state index is 10.7. The molecular formula is C6H10NO5P. The number of ether oxygens (including phenoxy) is 1. The van der Waals surface area contributed by atoms with Gasteiger partial charge in [0, 0.05) is 0 Å². The maximum Gasteiger partial charge on any atom is 0.329 e. The average molecular weight is 207 g/mol. The molecule has 0 aromatic carbocycles. The lowest BCUT2D eigenvalue weighted by Gasteiger charge is -2.17. The van der Waals surface area contributed by atoms with Crippen molar-refractivity contribution in [2.24, 2.45) is 5.73 Å². The molecule has 1 rings (SSSR count). The zero-order valence-electron chi connectivity index (χ0n) is 6.71. The third kappa shape index (κ3) is 3.28. The molecule has 0 amide bonds. The first kappa shape index (κ1) is 10.4. The molecule has 0 saturated heterocycles. The van der Waals surface area contributed by atoms with Crippen LogP contribution in [0.2, 0.25) is 0 Å². The van der Waals surface area contributed by atoms with Gasteiger partial charge in [-0.1, -0.05) is 6.08 Å². The molecule has 0 aliphatic carbocycles. The molecule has 1 heterocycles. The van der Waals surface area contributed by atoms with E-state index in [9.17, 15) is 9.36 Å². The van der Waals surface area contributed by atoms with E-state index in [0.29, 0.717) is 5.57 Å². The van der Waals surface area contributed by atoms with E-state index in [4.69, 9.17) is 15.5 Å². The number of carbonyl (C=O) groups excluding carboxylic acids is 1. The molecule has 0 spiro atoms. The Hall–Kier alpha value is -0.680. The van der Waals surface area contributed by atoms with E-state index >= 15 is 0 Å². The normalized spacial score (nSPS) is 23.8. The van der Waals surface area contributed by atoms with Crippen LogP contribution in [0.15, 0.2) is 11.6 Å². The standard InChI is InChI=1S/C6H10NO5P/c7-5-1-4(2-12-6(5)8)3-13(9,10)11/h1,5H,2-3,7H2,(H2,9,10,11). The molecule has 74 valence electrons. The smallest absolute Gasteiger partial charge is 0.329 e. The molecule has 4 N–H and O–H groups in total. The van der Waals surface area contributed by atoms with Gasteiger partial charge >= 0.3 is 13.6 Å². The summed E-state index contributed by atoms with van der Waals surface area (Å²) in [5.41, 5.74) is 5.65. The third-order valence-electron chi connectivity index (χ3n) is 1.50. The molecule has 1 unspecified atom stereocenters. The number of esters is 1. The minimum absolute atomic E-state index is 0.0857. The lowest BCUT2D eigenvalue weighted by Crippen LogP contribution is -2.35. The van der Waals surface area contributed by atoms with Crippen molar-refractivity contribution in [2.45, 2.75) is 6.04 Å². The SMILES string of the molecule is NC1C=C(CP(=O)(O)O)COC1=O. The summed E-state index contributed by atoms with van der Waals surface area (Å²) in [4.78, 5) is 27.9. The number of hydrogen-bond acceptors (Lipinski definition) is 4. The Bertz CT molecular complexity index is 293. The summed E-state index contributed by atoms with van der Waals surface area (Å²) in [6.45, 7) is -0.0857. The summed E-state index contributed by atoms with van der Waals surface area (Å²) < 4.78 is 15.1. The highest BCUT2D eigenvalue weighted by Crippen LogP contribution is 2.37. The number of nitrogens with two attached hydrogens (primary N) is 1. The summed E-state index contributed by atoms with van der Waals surface area (Å²) in [7, 11) is -4.10. The van der Waals surface area contributed by atoms with E-state index in [-0.39, 0.29) is 6.61 Å². The van der Waals surface area contributed by atoms with Gasteiger partial charge in [-0.3, -0.25) is 9.36 Å². The lowest BCUT2D eigenvalue weighted by molar-refractivity contribution is -0.143. The fourth-order valence-corrected chi connectivity index (χ4v) is 1.72. The van der Waals surface area contributed by atoms with Crippen LogP contribution in [0.4, 0.5) is 0 Å². The quantitative estimate of drug-likeness (QED) is 0.303. The third-order valence-corrected chi connectivity index (χ3v) is 2.31. The first-order chi connectivity index (χ1) is 5.88. The van der Waals surface area contributed by atoms with Crippen molar-refractivity contribution in [3.63, 3.8) is 0 Å². The van der Waals surface area contributed by atoms with Gasteiger partial charge in [0.15, 0.2) is 0 Å². The van der Waals surface area contributed by atoms with Crippen molar-refractivity contribution in [1.29, 1.82) is 0 Å². The van der Waals surface area contributed by atoms with Crippen molar-refractivity contribution >= 4 is 13.6 Å². The van der Waals surface area contributed by atoms with Crippen LogP contribution in [-0.4, -0.2) is 34.6 Å². The monoisotopic (exact) mass is 207 g/mol. The fraction of sp³-hybridized carbons (Fsp3) is 0.500. The van der Waals surface area contributed by atoms with Crippen molar-refractivity contribution in [2.75, 3.05) is 12.8 Å². The van der Waals surface area contributed by atoms with Crippen LogP contribution in [0.5, 0.6) is 0 Å². The molecular weight excluding hydrogens is 197 g/mol. The van der Waals surface area contributed by atoms with Gasteiger partial charge in [0.1, 0.15) is 12.6 Å². The topological polar surface area (TPSA) is 110 Å². The van der Waals surface area contributed by atoms with E-state index in [1.165, 1.54) is 6.08 Å². The first-order valence-corrected chi connectivity index (χ1v) is 5.34. The van der Waals surface area contributed by atoms with Crippen molar-refractivity contribution in [3.05, 3.63) is 11.6 Å². The number of cyclic esters (lactones) is 1. The van der Waals surface area contributed by atoms with E-state index in [1.54, 1.807) is 0 Å². The zero-order chi connectivity index (χ0) is 10.1. The zero-order valence-corrected chi connectivity index (χ0v) is 7.61. The predicted octanol–water partition coefficient (Wildman–Crippen LogP) is -1.03. The van der Waals surface area contributed by atoms with E-state index < -0.39 is 25.8 Å². The van der Waals surface area contributed by atoms with Gasteiger partial charge in [0.25, 0.3) is 0 Å². The molecule has 0 saturated carbocycles. The molecule has 1 atom stereocenters. The predicted molar refractivity (Wildman–Crippen MR) is 43.9 cm³/mol. The number of rotatable bonds is 2. The molecule has 0 bridgehead atoms. The van der Waals surface area contributed by atoms with Gasteiger partial charge in [-0.25, -0.2) is 0 Å². The van der Waals surface area contributed by atoms with Crippen molar-refractivity contribution in [3.8, 4) is 0 Å². The summed E-state index contributed by atoms with van der Waals surface area (Å²) in [5.74, 6) is -0.575.